The summed E-state index contributed by atoms with van der Waals surface area (Å²) in [4.78, 5) is 9.83. The number of likely N-dealkylation sites (tertiary alicyclic amines) is 1. The van der Waals surface area contributed by atoms with Crippen LogP contribution in [0.3, 0.4) is 0 Å². The molecule has 1 unspecified atom stereocenters. The van der Waals surface area contributed by atoms with Crippen LogP contribution in [-0.2, 0) is 4.74 Å². The molecule has 3 rings (SSSR count). The van der Waals surface area contributed by atoms with Gasteiger partial charge in [0.2, 0.25) is 0 Å². The Labute approximate surface area is 153 Å². The molecule has 1 atom stereocenters. The van der Waals surface area contributed by atoms with Crippen LogP contribution in [0.15, 0.2) is 17.1 Å². The molecular weight excluding hydrogens is 312 g/mol. The Morgan fingerprint density at radius 1 is 1.12 bits per heavy atom. The molecule has 2 aliphatic heterocycles. The molecule has 0 bridgehead atoms. The summed E-state index contributed by atoms with van der Waals surface area (Å²) in [5.41, 5.74) is 0. The van der Waals surface area contributed by atoms with Gasteiger partial charge in [-0.15, -0.1) is 0 Å². The van der Waals surface area contributed by atoms with Gasteiger partial charge >= 0.3 is 0 Å². The van der Waals surface area contributed by atoms with Crippen LogP contribution in [0.1, 0.15) is 51.9 Å². The van der Waals surface area contributed by atoms with E-state index in [1.807, 2.05) is 0 Å². The highest BCUT2D eigenvalue weighted by Gasteiger charge is 2.29. The molecule has 0 spiro atoms. The van der Waals surface area contributed by atoms with Crippen LogP contribution in [0.25, 0.3) is 0 Å². The maximum atomic E-state index is 6.09. The van der Waals surface area contributed by atoms with Crippen molar-refractivity contribution in [2.24, 2.45) is 4.99 Å². The minimum Gasteiger partial charge on any atom is -0.376 e. The maximum absolute atomic E-state index is 6.09. The van der Waals surface area contributed by atoms with E-state index in [1.54, 1.807) is 0 Å². The Kier molecular flexibility index (Phi) is 7.61. The van der Waals surface area contributed by atoms with Gasteiger partial charge in [-0.1, -0.05) is 37.8 Å². The summed E-state index contributed by atoms with van der Waals surface area (Å²) in [5, 5.41) is 3.47. The van der Waals surface area contributed by atoms with E-state index in [4.69, 9.17) is 9.73 Å². The van der Waals surface area contributed by atoms with Crippen molar-refractivity contribution < 1.29 is 4.74 Å². The monoisotopic (exact) mass is 348 g/mol. The van der Waals surface area contributed by atoms with Crippen molar-refractivity contribution in [3.05, 3.63) is 12.2 Å². The van der Waals surface area contributed by atoms with E-state index in [0.29, 0.717) is 12.1 Å². The van der Waals surface area contributed by atoms with Crippen molar-refractivity contribution in [3.8, 4) is 0 Å². The van der Waals surface area contributed by atoms with Gasteiger partial charge in [-0.2, -0.15) is 0 Å². The van der Waals surface area contributed by atoms with Gasteiger partial charge in [0.25, 0.3) is 0 Å². The zero-order chi connectivity index (χ0) is 17.3. The van der Waals surface area contributed by atoms with Gasteiger partial charge in [0.05, 0.1) is 19.3 Å². The van der Waals surface area contributed by atoms with E-state index in [2.05, 4.69) is 34.2 Å². The summed E-state index contributed by atoms with van der Waals surface area (Å²) in [6.45, 7) is 9.03. The maximum Gasteiger partial charge on any atom is 0.194 e. The zero-order valence-electron chi connectivity index (χ0n) is 16.0. The van der Waals surface area contributed by atoms with Gasteiger partial charge in [-0.3, -0.25) is 9.89 Å². The van der Waals surface area contributed by atoms with Gasteiger partial charge < -0.3 is 15.0 Å². The lowest BCUT2D eigenvalue weighted by Gasteiger charge is -2.25. The average Bonchev–Trinajstić information content (AvgIpc) is 3.25. The van der Waals surface area contributed by atoms with Crippen LogP contribution >= 0.6 is 0 Å². The van der Waals surface area contributed by atoms with Gasteiger partial charge in [0.15, 0.2) is 5.96 Å². The number of hydrogen-bond acceptors (Lipinski definition) is 3. The lowest BCUT2D eigenvalue weighted by molar-refractivity contribution is 0.0486. The third kappa shape index (κ3) is 5.71. The second-order valence-electron chi connectivity index (χ2n) is 7.53. The summed E-state index contributed by atoms with van der Waals surface area (Å²) in [7, 11) is 0. The Morgan fingerprint density at radius 2 is 1.88 bits per heavy atom. The quantitative estimate of drug-likeness (QED) is 0.263. The lowest BCUT2D eigenvalue weighted by Crippen LogP contribution is -2.43. The Balaban J connectivity index is 1.42. The summed E-state index contributed by atoms with van der Waals surface area (Å²) >= 11 is 0. The molecule has 3 aliphatic rings. The topological polar surface area (TPSA) is 40.1 Å². The Hall–Kier alpha value is -1.07. The predicted molar refractivity (Wildman–Crippen MR) is 104 cm³/mol. The van der Waals surface area contributed by atoms with Gasteiger partial charge in [0.1, 0.15) is 0 Å². The molecule has 0 aromatic rings. The van der Waals surface area contributed by atoms with Crippen LogP contribution in [0, 0.1) is 0 Å². The molecule has 25 heavy (non-hydrogen) atoms. The Morgan fingerprint density at radius 3 is 2.60 bits per heavy atom. The highest BCUT2D eigenvalue weighted by molar-refractivity contribution is 5.80. The van der Waals surface area contributed by atoms with Crippen molar-refractivity contribution in [1.82, 2.24) is 15.1 Å². The van der Waals surface area contributed by atoms with Crippen LogP contribution < -0.4 is 5.32 Å². The van der Waals surface area contributed by atoms with E-state index >= 15 is 0 Å². The normalized spacial score (nSPS) is 26.4. The molecule has 2 fully saturated rings. The van der Waals surface area contributed by atoms with E-state index in [9.17, 15) is 0 Å². The summed E-state index contributed by atoms with van der Waals surface area (Å²) in [6.07, 6.45) is 14.2. The molecule has 1 saturated carbocycles. The van der Waals surface area contributed by atoms with Gasteiger partial charge in [0, 0.05) is 38.8 Å². The molecule has 5 nitrogen and oxygen atoms in total. The third-order valence-electron chi connectivity index (χ3n) is 5.67. The molecule has 1 N–H and O–H groups in total. The summed E-state index contributed by atoms with van der Waals surface area (Å²) in [5.74, 6) is 1.07. The first-order chi connectivity index (χ1) is 12.4. The van der Waals surface area contributed by atoms with Crippen LogP contribution in [0.4, 0.5) is 0 Å². The van der Waals surface area contributed by atoms with Gasteiger partial charge in [-0.05, 0) is 26.2 Å². The van der Waals surface area contributed by atoms with Crippen LogP contribution in [0.5, 0.6) is 0 Å². The SMILES string of the molecule is CCNC(=NCCOC1CCCCCC1)N1CCC(N2CC=CC2)C1. The first-order valence-corrected chi connectivity index (χ1v) is 10.4. The number of nitrogens with zero attached hydrogens (tertiary/aromatic N) is 3. The van der Waals surface area contributed by atoms with Gasteiger partial charge in [-0.25, -0.2) is 0 Å². The largest absolute Gasteiger partial charge is 0.376 e. The van der Waals surface area contributed by atoms with Crippen molar-refractivity contribution in [1.29, 1.82) is 0 Å². The van der Waals surface area contributed by atoms with Crippen molar-refractivity contribution >= 4 is 5.96 Å². The van der Waals surface area contributed by atoms with E-state index in [-0.39, 0.29) is 0 Å². The molecular formula is C20H36N4O. The Bertz CT molecular complexity index is 435. The molecule has 0 aromatic carbocycles. The minimum atomic E-state index is 0.471. The molecule has 1 aliphatic carbocycles. The average molecular weight is 349 g/mol. The first-order valence-electron chi connectivity index (χ1n) is 10.4. The molecule has 0 aromatic heterocycles. The molecule has 142 valence electrons. The molecule has 1 saturated heterocycles. The number of ether oxygens (including phenoxy) is 1. The predicted octanol–water partition coefficient (Wildman–Crippen LogP) is 2.64. The summed E-state index contributed by atoms with van der Waals surface area (Å²) in [6, 6.07) is 0.668. The first kappa shape index (κ1) is 18.7. The number of aliphatic imine (C=N–C) groups is 1. The van der Waals surface area contributed by atoms with E-state index in [1.165, 1.54) is 44.9 Å². The molecule has 0 radical (unpaired) electrons. The van der Waals surface area contributed by atoms with Crippen molar-refractivity contribution in [3.63, 3.8) is 0 Å². The standard InChI is InChI=1S/C20H36N4O/c1-2-21-20(22-12-16-25-19-9-5-3-4-6-10-19)24-15-11-18(17-24)23-13-7-8-14-23/h7-8,18-19H,2-6,9-17H2,1H3,(H,21,22). The van der Waals surface area contributed by atoms with Crippen LogP contribution in [-0.4, -0.2) is 73.8 Å². The molecule has 2 heterocycles. The molecule has 0 amide bonds. The fourth-order valence-electron chi connectivity index (χ4n) is 4.23. The minimum absolute atomic E-state index is 0.471. The highest BCUT2D eigenvalue weighted by atomic mass is 16.5. The third-order valence-corrected chi connectivity index (χ3v) is 5.67. The van der Waals surface area contributed by atoms with Crippen molar-refractivity contribution in [2.75, 3.05) is 45.9 Å². The van der Waals surface area contributed by atoms with E-state index < -0.39 is 0 Å². The molecule has 5 heteroatoms. The fourth-order valence-corrected chi connectivity index (χ4v) is 4.23. The second kappa shape index (κ2) is 10.2. The second-order valence-corrected chi connectivity index (χ2v) is 7.53. The lowest BCUT2D eigenvalue weighted by atomic mass is 10.1. The smallest absolute Gasteiger partial charge is 0.194 e. The fraction of sp³-hybridized carbons (Fsp3) is 0.850. The summed E-state index contributed by atoms with van der Waals surface area (Å²) < 4.78 is 6.09. The number of rotatable bonds is 6. The van der Waals surface area contributed by atoms with E-state index in [0.717, 1.165) is 51.8 Å². The number of nitrogens with one attached hydrogen (secondary N) is 1. The highest BCUT2D eigenvalue weighted by Crippen LogP contribution is 2.20. The zero-order valence-corrected chi connectivity index (χ0v) is 16.0. The number of hydrogen-bond donors (Lipinski definition) is 1. The number of guanidine groups is 1. The van der Waals surface area contributed by atoms with Crippen molar-refractivity contribution in [2.45, 2.75) is 64.0 Å². The van der Waals surface area contributed by atoms with Crippen LogP contribution in [0.2, 0.25) is 0 Å².